The molecule has 0 atom stereocenters. The molecule has 0 spiro atoms. The molecule has 0 bridgehead atoms. The summed E-state index contributed by atoms with van der Waals surface area (Å²) < 4.78 is 4.67. The van der Waals surface area contributed by atoms with Gasteiger partial charge in [-0.05, 0) is 24.3 Å². The summed E-state index contributed by atoms with van der Waals surface area (Å²) in [5.74, 6) is 0. The van der Waals surface area contributed by atoms with Crippen molar-refractivity contribution in [1.82, 2.24) is 0 Å². The van der Waals surface area contributed by atoms with Crippen molar-refractivity contribution in [2.75, 3.05) is 13.2 Å². The van der Waals surface area contributed by atoms with Crippen molar-refractivity contribution in [2.45, 2.75) is 9.64 Å². The van der Waals surface area contributed by atoms with Crippen LogP contribution >= 0.6 is 23.4 Å². The molecule has 1 aromatic rings. The van der Waals surface area contributed by atoms with E-state index in [1.54, 1.807) is 11.8 Å². The molecule has 0 amide bonds. The first kappa shape index (κ1) is 9.85. The summed E-state index contributed by atoms with van der Waals surface area (Å²) in [5.41, 5.74) is 0. The molecule has 0 saturated carbocycles. The first-order valence-corrected chi connectivity index (χ1v) is 5.37. The average Bonchev–Trinajstić information content (AvgIpc) is 2.15. The second kappa shape index (κ2) is 3.82. The maximum absolute atomic E-state index is 8.98. The van der Waals surface area contributed by atoms with E-state index >= 15 is 0 Å². The van der Waals surface area contributed by atoms with Gasteiger partial charge >= 0.3 is 0 Å². The minimum Gasteiger partial charge on any atom is -0.376 e. The predicted octanol–water partition coefficient (Wildman–Crippen LogP) is 2.72. The van der Waals surface area contributed by atoms with Crippen LogP contribution in [0.25, 0.3) is 0 Å². The van der Waals surface area contributed by atoms with Crippen LogP contribution in [0.5, 0.6) is 0 Å². The van der Waals surface area contributed by atoms with E-state index in [1.807, 2.05) is 24.3 Å². The van der Waals surface area contributed by atoms with E-state index in [2.05, 4.69) is 6.07 Å². The van der Waals surface area contributed by atoms with Crippen molar-refractivity contribution in [3.8, 4) is 6.07 Å². The van der Waals surface area contributed by atoms with Gasteiger partial charge in [0.05, 0.1) is 19.3 Å². The van der Waals surface area contributed by atoms with Crippen LogP contribution in [-0.2, 0) is 4.74 Å². The lowest BCUT2D eigenvalue weighted by molar-refractivity contribution is 0.0161. The summed E-state index contributed by atoms with van der Waals surface area (Å²) in [6.45, 7) is 1.02. The van der Waals surface area contributed by atoms with E-state index in [4.69, 9.17) is 21.6 Å². The number of ether oxygens (including phenoxy) is 1. The second-order valence-electron chi connectivity index (χ2n) is 3.15. The van der Waals surface area contributed by atoms with Gasteiger partial charge in [-0.1, -0.05) is 23.4 Å². The van der Waals surface area contributed by atoms with Gasteiger partial charge in [-0.3, -0.25) is 0 Å². The molecule has 14 heavy (non-hydrogen) atoms. The molecule has 1 heterocycles. The third-order valence-electron chi connectivity index (χ3n) is 2.00. The molecule has 1 saturated heterocycles. The lowest BCUT2D eigenvalue weighted by atomic mass is 10.1. The molecule has 0 unspecified atom stereocenters. The van der Waals surface area contributed by atoms with Gasteiger partial charge in [-0.15, -0.1) is 0 Å². The van der Waals surface area contributed by atoms with Gasteiger partial charge in [0.15, 0.2) is 4.75 Å². The van der Waals surface area contributed by atoms with Gasteiger partial charge in [0.2, 0.25) is 0 Å². The Morgan fingerprint density at radius 3 is 2.43 bits per heavy atom. The summed E-state index contributed by atoms with van der Waals surface area (Å²) in [5, 5.41) is 9.69. The minimum atomic E-state index is -0.381. The fraction of sp³-hybridized carbons (Fsp3) is 0.300. The van der Waals surface area contributed by atoms with Crippen molar-refractivity contribution in [3.63, 3.8) is 0 Å². The van der Waals surface area contributed by atoms with Gasteiger partial charge in [-0.25, -0.2) is 0 Å². The van der Waals surface area contributed by atoms with Crippen LogP contribution in [0.2, 0.25) is 5.02 Å². The summed E-state index contributed by atoms with van der Waals surface area (Å²) >= 11 is 7.31. The number of thioether (sulfide) groups is 1. The first-order chi connectivity index (χ1) is 6.74. The maximum atomic E-state index is 8.98. The zero-order chi connectivity index (χ0) is 10.0. The Balaban J connectivity index is 2.11. The number of nitrogens with zero attached hydrogens (tertiary/aromatic N) is 1. The Hall–Kier alpha value is -0.690. The Morgan fingerprint density at radius 1 is 1.36 bits per heavy atom. The Kier molecular flexibility index (Phi) is 2.69. The van der Waals surface area contributed by atoms with E-state index in [0.717, 1.165) is 4.90 Å². The van der Waals surface area contributed by atoms with Crippen LogP contribution in [0.3, 0.4) is 0 Å². The van der Waals surface area contributed by atoms with Crippen molar-refractivity contribution in [2.24, 2.45) is 0 Å². The third-order valence-corrected chi connectivity index (χ3v) is 3.48. The van der Waals surface area contributed by atoms with Crippen molar-refractivity contribution in [1.29, 1.82) is 5.26 Å². The number of hydrogen-bond donors (Lipinski definition) is 0. The molecule has 0 N–H and O–H groups in total. The van der Waals surface area contributed by atoms with Crippen molar-refractivity contribution >= 4 is 23.4 Å². The number of rotatable bonds is 2. The van der Waals surface area contributed by atoms with Crippen molar-refractivity contribution < 1.29 is 4.74 Å². The highest BCUT2D eigenvalue weighted by Crippen LogP contribution is 2.38. The van der Waals surface area contributed by atoms with Gasteiger partial charge in [0.1, 0.15) is 0 Å². The maximum Gasteiger partial charge on any atom is 0.153 e. The highest BCUT2D eigenvalue weighted by atomic mass is 35.5. The van der Waals surface area contributed by atoms with Crippen molar-refractivity contribution in [3.05, 3.63) is 29.3 Å². The summed E-state index contributed by atoms with van der Waals surface area (Å²) in [7, 11) is 0. The Morgan fingerprint density at radius 2 is 2.00 bits per heavy atom. The zero-order valence-corrected chi connectivity index (χ0v) is 8.94. The lowest BCUT2D eigenvalue weighted by Crippen LogP contribution is -2.45. The molecule has 1 aliphatic rings. The minimum absolute atomic E-state index is 0.381. The molecule has 2 rings (SSSR count). The molecule has 0 aliphatic carbocycles. The summed E-state index contributed by atoms with van der Waals surface area (Å²) in [4.78, 5) is 1.05. The van der Waals surface area contributed by atoms with E-state index in [0.29, 0.717) is 18.2 Å². The van der Waals surface area contributed by atoms with Crippen LogP contribution in [0, 0.1) is 11.3 Å². The average molecular weight is 226 g/mol. The van der Waals surface area contributed by atoms with Crippen LogP contribution in [0.15, 0.2) is 29.2 Å². The largest absolute Gasteiger partial charge is 0.376 e. The Labute approximate surface area is 91.8 Å². The van der Waals surface area contributed by atoms with Gasteiger partial charge in [0.25, 0.3) is 0 Å². The van der Waals surface area contributed by atoms with E-state index in [-0.39, 0.29) is 4.75 Å². The molecule has 2 nitrogen and oxygen atoms in total. The number of halogens is 1. The van der Waals surface area contributed by atoms with Gasteiger partial charge in [-0.2, -0.15) is 5.26 Å². The normalized spacial score (nSPS) is 18.3. The third kappa shape index (κ3) is 1.88. The molecule has 1 aliphatic heterocycles. The highest BCUT2D eigenvalue weighted by Gasteiger charge is 2.40. The van der Waals surface area contributed by atoms with E-state index in [9.17, 15) is 0 Å². The fourth-order valence-electron chi connectivity index (χ4n) is 1.16. The van der Waals surface area contributed by atoms with Gasteiger partial charge < -0.3 is 4.74 Å². The predicted molar refractivity (Wildman–Crippen MR) is 56.5 cm³/mol. The van der Waals surface area contributed by atoms with Crippen LogP contribution in [0.1, 0.15) is 0 Å². The molecule has 1 fully saturated rings. The monoisotopic (exact) mass is 225 g/mol. The number of nitriles is 1. The molecule has 0 radical (unpaired) electrons. The Bertz CT molecular complexity index is 367. The smallest absolute Gasteiger partial charge is 0.153 e. The molecular weight excluding hydrogens is 218 g/mol. The molecule has 1 aromatic carbocycles. The first-order valence-electron chi connectivity index (χ1n) is 4.18. The standard InChI is InChI=1S/C10H8ClNOS/c11-8-1-3-9(4-2-8)14-10(5-12)6-13-7-10/h1-4H,6-7H2. The van der Waals surface area contributed by atoms with Crippen LogP contribution < -0.4 is 0 Å². The zero-order valence-electron chi connectivity index (χ0n) is 7.37. The quantitative estimate of drug-likeness (QED) is 0.776. The summed E-state index contributed by atoms with van der Waals surface area (Å²) in [6.07, 6.45) is 0. The fourth-order valence-corrected chi connectivity index (χ4v) is 2.34. The molecule has 4 heteroatoms. The lowest BCUT2D eigenvalue weighted by Gasteiger charge is -2.34. The number of benzene rings is 1. The molecule has 72 valence electrons. The second-order valence-corrected chi connectivity index (χ2v) is 5.05. The highest BCUT2D eigenvalue weighted by molar-refractivity contribution is 8.01. The summed E-state index contributed by atoms with van der Waals surface area (Å²) in [6, 6.07) is 9.78. The number of hydrogen-bond acceptors (Lipinski definition) is 3. The molecule has 0 aromatic heterocycles. The van der Waals surface area contributed by atoms with Gasteiger partial charge in [0, 0.05) is 9.92 Å². The topological polar surface area (TPSA) is 33.0 Å². The molecular formula is C10H8ClNOS. The van der Waals surface area contributed by atoms with Crippen LogP contribution in [-0.4, -0.2) is 18.0 Å². The SMILES string of the molecule is N#CC1(Sc2ccc(Cl)cc2)COC1. The van der Waals surface area contributed by atoms with E-state index < -0.39 is 0 Å². The van der Waals surface area contributed by atoms with Crippen LogP contribution in [0.4, 0.5) is 0 Å². The van der Waals surface area contributed by atoms with E-state index in [1.165, 1.54) is 0 Å².